The lowest BCUT2D eigenvalue weighted by Crippen LogP contribution is -2.07. The van der Waals surface area contributed by atoms with E-state index in [-0.39, 0.29) is 6.10 Å². The lowest BCUT2D eigenvalue weighted by molar-refractivity contribution is 0.231. The predicted molar refractivity (Wildman–Crippen MR) is 79.0 cm³/mol. The summed E-state index contributed by atoms with van der Waals surface area (Å²) in [6.07, 6.45) is 1.77. The summed E-state index contributed by atoms with van der Waals surface area (Å²) in [7, 11) is 0. The average Bonchev–Trinajstić information content (AvgIpc) is 2.36. The van der Waals surface area contributed by atoms with E-state index in [1.165, 1.54) is 0 Å². The first-order chi connectivity index (χ1) is 9.06. The topological polar surface area (TPSA) is 31.4 Å². The van der Waals surface area contributed by atoms with Gasteiger partial charge in [-0.05, 0) is 56.7 Å². The quantitative estimate of drug-likeness (QED) is 0.815. The third kappa shape index (κ3) is 3.70. The molecule has 3 nitrogen and oxygen atoms in total. The van der Waals surface area contributed by atoms with Crippen LogP contribution in [0, 0.1) is 6.92 Å². The first-order valence-electron chi connectivity index (χ1n) is 6.12. The van der Waals surface area contributed by atoms with E-state index in [1.807, 2.05) is 51.1 Å². The Labute approximate surface area is 121 Å². The molecular formula is C15H16BrNO2. The van der Waals surface area contributed by atoms with Crippen LogP contribution < -0.4 is 9.47 Å². The van der Waals surface area contributed by atoms with Crippen molar-refractivity contribution in [3.63, 3.8) is 0 Å². The molecule has 0 amide bonds. The highest BCUT2D eigenvalue weighted by Crippen LogP contribution is 2.31. The van der Waals surface area contributed by atoms with Crippen LogP contribution in [0.1, 0.15) is 19.4 Å². The first kappa shape index (κ1) is 13.9. The van der Waals surface area contributed by atoms with E-state index < -0.39 is 0 Å². The molecule has 0 spiro atoms. The molecule has 0 atom stereocenters. The Kier molecular flexibility index (Phi) is 4.43. The molecule has 0 radical (unpaired) electrons. The van der Waals surface area contributed by atoms with Gasteiger partial charge in [-0.15, -0.1) is 0 Å². The number of pyridine rings is 1. The van der Waals surface area contributed by atoms with Crippen molar-refractivity contribution in [1.29, 1.82) is 0 Å². The highest BCUT2D eigenvalue weighted by atomic mass is 79.9. The van der Waals surface area contributed by atoms with Crippen LogP contribution in [0.3, 0.4) is 0 Å². The standard InChI is InChI=1S/C15H16BrNO2/c1-10(2)18-14-5-4-8-17-15(14)19-12-6-7-13(16)11(3)9-12/h4-10H,1-3H3. The molecule has 0 aliphatic rings. The number of halogens is 1. The Morgan fingerprint density at radius 2 is 2.00 bits per heavy atom. The van der Waals surface area contributed by atoms with Gasteiger partial charge in [0.1, 0.15) is 5.75 Å². The fourth-order valence-electron chi connectivity index (χ4n) is 1.59. The molecule has 1 aromatic carbocycles. The zero-order chi connectivity index (χ0) is 13.8. The van der Waals surface area contributed by atoms with E-state index in [0.717, 1.165) is 15.8 Å². The molecule has 0 saturated heterocycles. The maximum Gasteiger partial charge on any atom is 0.262 e. The van der Waals surface area contributed by atoms with Crippen LogP contribution in [-0.2, 0) is 0 Å². The number of hydrogen-bond acceptors (Lipinski definition) is 3. The minimum Gasteiger partial charge on any atom is -0.485 e. The van der Waals surface area contributed by atoms with Crippen molar-refractivity contribution in [2.75, 3.05) is 0 Å². The van der Waals surface area contributed by atoms with Crippen LogP contribution >= 0.6 is 15.9 Å². The summed E-state index contributed by atoms with van der Waals surface area (Å²) in [6.45, 7) is 5.96. The Balaban J connectivity index is 2.25. The molecule has 0 fully saturated rings. The number of nitrogens with zero attached hydrogens (tertiary/aromatic N) is 1. The number of hydrogen-bond donors (Lipinski definition) is 0. The van der Waals surface area contributed by atoms with Gasteiger partial charge in [0.2, 0.25) is 0 Å². The Morgan fingerprint density at radius 1 is 1.21 bits per heavy atom. The second-order valence-electron chi connectivity index (χ2n) is 4.49. The summed E-state index contributed by atoms with van der Waals surface area (Å²) in [5.74, 6) is 1.88. The summed E-state index contributed by atoms with van der Waals surface area (Å²) >= 11 is 3.47. The van der Waals surface area contributed by atoms with E-state index in [0.29, 0.717) is 11.6 Å². The maximum atomic E-state index is 5.79. The summed E-state index contributed by atoms with van der Waals surface area (Å²) < 4.78 is 12.5. The molecule has 19 heavy (non-hydrogen) atoms. The molecule has 1 aromatic heterocycles. The van der Waals surface area contributed by atoms with Crippen LogP contribution in [0.4, 0.5) is 0 Å². The second kappa shape index (κ2) is 6.06. The van der Waals surface area contributed by atoms with Crippen LogP contribution in [0.2, 0.25) is 0 Å². The summed E-state index contributed by atoms with van der Waals surface area (Å²) in [5, 5.41) is 0. The first-order valence-corrected chi connectivity index (χ1v) is 6.91. The minimum absolute atomic E-state index is 0.0817. The van der Waals surface area contributed by atoms with E-state index in [9.17, 15) is 0 Å². The SMILES string of the molecule is Cc1cc(Oc2ncccc2OC(C)C)ccc1Br. The van der Waals surface area contributed by atoms with Crippen LogP contribution in [-0.4, -0.2) is 11.1 Å². The molecule has 0 aliphatic heterocycles. The van der Waals surface area contributed by atoms with Crippen molar-refractivity contribution < 1.29 is 9.47 Å². The molecule has 0 unspecified atom stereocenters. The number of ether oxygens (including phenoxy) is 2. The van der Waals surface area contributed by atoms with E-state index in [4.69, 9.17) is 9.47 Å². The minimum atomic E-state index is 0.0817. The largest absolute Gasteiger partial charge is 0.485 e. The molecule has 2 aromatic rings. The van der Waals surface area contributed by atoms with Crippen LogP contribution in [0.5, 0.6) is 17.4 Å². The highest BCUT2D eigenvalue weighted by Gasteiger charge is 2.09. The fourth-order valence-corrected chi connectivity index (χ4v) is 1.84. The third-order valence-electron chi connectivity index (χ3n) is 2.44. The van der Waals surface area contributed by atoms with Gasteiger partial charge in [0.25, 0.3) is 5.88 Å². The highest BCUT2D eigenvalue weighted by molar-refractivity contribution is 9.10. The number of aromatic nitrogens is 1. The van der Waals surface area contributed by atoms with Crippen molar-refractivity contribution in [1.82, 2.24) is 4.98 Å². The third-order valence-corrected chi connectivity index (χ3v) is 3.33. The van der Waals surface area contributed by atoms with Gasteiger partial charge in [0.05, 0.1) is 6.10 Å². The van der Waals surface area contributed by atoms with E-state index >= 15 is 0 Å². The van der Waals surface area contributed by atoms with Gasteiger partial charge in [-0.3, -0.25) is 0 Å². The van der Waals surface area contributed by atoms with Gasteiger partial charge in [0.15, 0.2) is 5.75 Å². The van der Waals surface area contributed by atoms with Crippen molar-refractivity contribution >= 4 is 15.9 Å². The zero-order valence-corrected chi connectivity index (χ0v) is 12.8. The number of rotatable bonds is 4. The Bertz CT molecular complexity index is 570. The summed E-state index contributed by atoms with van der Waals surface area (Å²) in [4.78, 5) is 4.22. The van der Waals surface area contributed by atoms with Gasteiger partial charge in [-0.1, -0.05) is 15.9 Å². The monoisotopic (exact) mass is 321 g/mol. The van der Waals surface area contributed by atoms with Crippen LogP contribution in [0.25, 0.3) is 0 Å². The van der Waals surface area contributed by atoms with Gasteiger partial charge in [-0.25, -0.2) is 4.98 Å². The van der Waals surface area contributed by atoms with Gasteiger partial charge >= 0.3 is 0 Å². The van der Waals surface area contributed by atoms with Crippen molar-refractivity contribution in [2.45, 2.75) is 26.9 Å². The van der Waals surface area contributed by atoms with E-state index in [1.54, 1.807) is 6.20 Å². The number of benzene rings is 1. The fraction of sp³-hybridized carbons (Fsp3) is 0.267. The summed E-state index contributed by atoms with van der Waals surface area (Å²) in [5.41, 5.74) is 1.11. The normalized spacial score (nSPS) is 10.6. The van der Waals surface area contributed by atoms with E-state index in [2.05, 4.69) is 20.9 Å². The van der Waals surface area contributed by atoms with Crippen molar-refractivity contribution in [3.05, 3.63) is 46.6 Å². The molecule has 100 valence electrons. The lowest BCUT2D eigenvalue weighted by atomic mass is 10.2. The molecule has 0 bridgehead atoms. The Morgan fingerprint density at radius 3 is 2.68 bits per heavy atom. The molecule has 2 rings (SSSR count). The van der Waals surface area contributed by atoms with Gasteiger partial charge in [-0.2, -0.15) is 0 Å². The zero-order valence-electron chi connectivity index (χ0n) is 11.2. The molecule has 1 heterocycles. The van der Waals surface area contributed by atoms with Gasteiger partial charge < -0.3 is 9.47 Å². The smallest absolute Gasteiger partial charge is 0.262 e. The van der Waals surface area contributed by atoms with Crippen molar-refractivity contribution in [3.8, 4) is 17.4 Å². The van der Waals surface area contributed by atoms with Crippen molar-refractivity contribution in [2.24, 2.45) is 0 Å². The molecular weight excluding hydrogens is 306 g/mol. The molecule has 0 N–H and O–H groups in total. The Hall–Kier alpha value is -1.55. The molecule has 4 heteroatoms. The lowest BCUT2D eigenvalue weighted by Gasteiger charge is -2.13. The average molecular weight is 322 g/mol. The molecule has 0 saturated carbocycles. The van der Waals surface area contributed by atoms with Gasteiger partial charge in [0, 0.05) is 10.7 Å². The predicted octanol–water partition coefficient (Wildman–Crippen LogP) is 4.73. The second-order valence-corrected chi connectivity index (χ2v) is 5.34. The maximum absolute atomic E-state index is 5.79. The van der Waals surface area contributed by atoms with Crippen LogP contribution in [0.15, 0.2) is 41.0 Å². The molecule has 0 aliphatic carbocycles. The number of aryl methyl sites for hydroxylation is 1. The summed E-state index contributed by atoms with van der Waals surface area (Å²) in [6, 6.07) is 9.49.